The molecule has 1 aliphatic heterocycles. The molecule has 1 saturated heterocycles. The summed E-state index contributed by atoms with van der Waals surface area (Å²) >= 11 is 1.73. The maximum Gasteiger partial charge on any atom is 0.238 e. The maximum absolute atomic E-state index is 12.7. The number of rotatable bonds is 7. The maximum atomic E-state index is 12.7. The van der Waals surface area contributed by atoms with Crippen molar-refractivity contribution in [3.8, 4) is 0 Å². The fourth-order valence-electron chi connectivity index (χ4n) is 3.26. The number of para-hydroxylation sites is 2. The molecule has 0 atom stereocenters. The van der Waals surface area contributed by atoms with E-state index in [1.54, 1.807) is 16.2 Å². The third kappa shape index (κ3) is 4.76. The van der Waals surface area contributed by atoms with Crippen molar-refractivity contribution in [1.82, 2.24) is 4.90 Å². The summed E-state index contributed by atoms with van der Waals surface area (Å²) in [5.41, 5.74) is 2.76. The molecular weight excluding hydrogens is 358 g/mol. The Morgan fingerprint density at radius 1 is 1.30 bits per heavy atom. The molecule has 1 aromatic heterocycles. The minimum Gasteiger partial charge on any atom is -0.323 e. The Hall–Kier alpha value is -2.18. The number of benzene rings is 1. The zero-order valence-electron chi connectivity index (χ0n) is 16.2. The number of anilines is 2. The van der Waals surface area contributed by atoms with Crippen LogP contribution in [0.25, 0.3) is 0 Å². The van der Waals surface area contributed by atoms with Gasteiger partial charge in [0, 0.05) is 30.4 Å². The van der Waals surface area contributed by atoms with Gasteiger partial charge in [0.1, 0.15) is 0 Å². The first-order chi connectivity index (χ1) is 13.0. The van der Waals surface area contributed by atoms with Crippen LogP contribution in [0.2, 0.25) is 0 Å². The van der Waals surface area contributed by atoms with Gasteiger partial charge in [-0.1, -0.05) is 12.1 Å². The predicted molar refractivity (Wildman–Crippen MR) is 111 cm³/mol. The highest BCUT2D eigenvalue weighted by Crippen LogP contribution is 2.29. The third-order valence-electron chi connectivity index (χ3n) is 4.93. The van der Waals surface area contributed by atoms with Gasteiger partial charge < -0.3 is 10.2 Å². The highest BCUT2D eigenvalue weighted by molar-refractivity contribution is 7.10. The van der Waals surface area contributed by atoms with E-state index in [-0.39, 0.29) is 17.9 Å². The molecule has 0 bridgehead atoms. The molecule has 2 aromatic rings. The van der Waals surface area contributed by atoms with E-state index in [1.807, 2.05) is 24.3 Å². The zero-order valence-corrected chi connectivity index (χ0v) is 17.0. The van der Waals surface area contributed by atoms with Crippen molar-refractivity contribution in [3.05, 3.63) is 46.2 Å². The van der Waals surface area contributed by atoms with Crippen molar-refractivity contribution in [3.63, 3.8) is 0 Å². The van der Waals surface area contributed by atoms with E-state index < -0.39 is 0 Å². The topological polar surface area (TPSA) is 52.7 Å². The van der Waals surface area contributed by atoms with Crippen LogP contribution in [-0.2, 0) is 16.1 Å². The average molecular weight is 386 g/mol. The molecule has 0 aliphatic carbocycles. The van der Waals surface area contributed by atoms with Crippen LogP contribution < -0.4 is 10.2 Å². The fraction of sp³-hybridized carbons (Fsp3) is 0.429. The smallest absolute Gasteiger partial charge is 0.238 e. The molecule has 0 spiro atoms. The van der Waals surface area contributed by atoms with E-state index in [0.717, 1.165) is 18.7 Å². The molecule has 0 radical (unpaired) electrons. The molecule has 0 unspecified atom stereocenters. The van der Waals surface area contributed by atoms with E-state index in [4.69, 9.17) is 0 Å². The largest absolute Gasteiger partial charge is 0.323 e. The van der Waals surface area contributed by atoms with Crippen LogP contribution in [0, 0.1) is 6.92 Å². The van der Waals surface area contributed by atoms with Gasteiger partial charge in [0.25, 0.3) is 0 Å². The number of nitrogens with one attached hydrogen (secondary N) is 1. The van der Waals surface area contributed by atoms with Crippen molar-refractivity contribution in [2.45, 2.75) is 46.2 Å². The van der Waals surface area contributed by atoms with Crippen molar-refractivity contribution >= 4 is 34.5 Å². The second-order valence-corrected chi connectivity index (χ2v) is 8.24. The van der Waals surface area contributed by atoms with Crippen molar-refractivity contribution in [2.75, 3.05) is 23.3 Å². The lowest BCUT2D eigenvalue weighted by molar-refractivity contribution is -0.118. The van der Waals surface area contributed by atoms with E-state index in [2.05, 4.69) is 42.4 Å². The van der Waals surface area contributed by atoms with Gasteiger partial charge in [0.2, 0.25) is 11.8 Å². The second-order valence-electron chi connectivity index (χ2n) is 7.24. The second kappa shape index (κ2) is 8.67. The summed E-state index contributed by atoms with van der Waals surface area (Å²) in [4.78, 5) is 30.1. The number of hydrogen-bond acceptors (Lipinski definition) is 4. The Bertz CT molecular complexity index is 815. The summed E-state index contributed by atoms with van der Waals surface area (Å²) in [6.07, 6.45) is 1.44. The number of thiophene rings is 1. The Morgan fingerprint density at radius 2 is 2.07 bits per heavy atom. The van der Waals surface area contributed by atoms with Crippen LogP contribution in [0.1, 0.15) is 37.1 Å². The van der Waals surface area contributed by atoms with E-state index in [1.165, 1.54) is 10.4 Å². The van der Waals surface area contributed by atoms with Crippen molar-refractivity contribution < 1.29 is 9.59 Å². The first kappa shape index (κ1) is 19.6. The lowest BCUT2D eigenvalue weighted by Gasteiger charge is -2.26. The predicted octanol–water partition coefficient (Wildman–Crippen LogP) is 4.03. The van der Waals surface area contributed by atoms with Crippen LogP contribution in [0.15, 0.2) is 35.7 Å². The summed E-state index contributed by atoms with van der Waals surface area (Å²) in [5, 5.41) is 5.11. The molecule has 27 heavy (non-hydrogen) atoms. The van der Waals surface area contributed by atoms with Gasteiger partial charge in [-0.2, -0.15) is 0 Å². The molecule has 1 fully saturated rings. The lowest BCUT2D eigenvalue weighted by atomic mass is 10.2. The summed E-state index contributed by atoms with van der Waals surface area (Å²) in [6, 6.07) is 9.91. The van der Waals surface area contributed by atoms with Crippen molar-refractivity contribution in [2.24, 2.45) is 0 Å². The minimum atomic E-state index is -0.0583. The minimum absolute atomic E-state index is 0.0583. The molecule has 3 rings (SSSR count). The molecule has 6 heteroatoms. The van der Waals surface area contributed by atoms with Crippen molar-refractivity contribution in [1.29, 1.82) is 0 Å². The third-order valence-corrected chi connectivity index (χ3v) is 5.94. The number of amides is 2. The number of hydrogen-bond donors (Lipinski definition) is 1. The quantitative estimate of drug-likeness (QED) is 0.783. The molecule has 0 saturated carbocycles. The van der Waals surface area contributed by atoms with Crippen LogP contribution in [-0.4, -0.2) is 35.8 Å². The SMILES string of the molecule is Cc1ccsc1CN(CC(=O)Nc1ccccc1N1CCCC1=O)C(C)C. The molecule has 1 aliphatic rings. The van der Waals surface area contributed by atoms with E-state index in [9.17, 15) is 9.59 Å². The lowest BCUT2D eigenvalue weighted by Crippen LogP contribution is -2.37. The van der Waals surface area contributed by atoms with Crippen LogP contribution in [0.3, 0.4) is 0 Å². The first-order valence-electron chi connectivity index (χ1n) is 9.42. The average Bonchev–Trinajstić information content (AvgIpc) is 3.23. The normalized spacial score (nSPS) is 14.4. The van der Waals surface area contributed by atoms with Gasteiger partial charge in [0.15, 0.2) is 0 Å². The molecule has 2 heterocycles. The Balaban J connectivity index is 1.69. The van der Waals surface area contributed by atoms with E-state index in [0.29, 0.717) is 25.2 Å². The number of aryl methyl sites for hydroxylation is 1. The van der Waals surface area contributed by atoms with Crippen LogP contribution in [0.4, 0.5) is 11.4 Å². The molecule has 2 amide bonds. The van der Waals surface area contributed by atoms with Crippen LogP contribution in [0.5, 0.6) is 0 Å². The molecular formula is C21H27N3O2S. The Morgan fingerprint density at radius 3 is 2.70 bits per heavy atom. The first-order valence-corrected chi connectivity index (χ1v) is 10.3. The highest BCUT2D eigenvalue weighted by atomic mass is 32.1. The van der Waals surface area contributed by atoms with E-state index >= 15 is 0 Å². The van der Waals surface area contributed by atoms with Gasteiger partial charge in [-0.15, -0.1) is 11.3 Å². The van der Waals surface area contributed by atoms with Gasteiger partial charge in [-0.3, -0.25) is 14.5 Å². The fourth-order valence-corrected chi connectivity index (χ4v) is 4.19. The molecule has 1 N–H and O–H groups in total. The molecule has 1 aromatic carbocycles. The molecule has 144 valence electrons. The highest BCUT2D eigenvalue weighted by Gasteiger charge is 2.24. The van der Waals surface area contributed by atoms with Gasteiger partial charge in [-0.05, 0) is 56.3 Å². The Labute approximate surface area is 165 Å². The number of nitrogens with zero attached hydrogens (tertiary/aromatic N) is 2. The standard InChI is InChI=1S/C21H27N3O2S/c1-15(2)23(13-19-16(3)10-12-27-19)14-20(25)22-17-7-4-5-8-18(17)24-11-6-9-21(24)26/h4-5,7-8,10,12,15H,6,9,11,13-14H2,1-3H3,(H,22,25). The summed E-state index contributed by atoms with van der Waals surface area (Å²) in [5.74, 6) is 0.0608. The Kier molecular flexibility index (Phi) is 6.29. The monoisotopic (exact) mass is 385 g/mol. The summed E-state index contributed by atoms with van der Waals surface area (Å²) < 4.78 is 0. The number of carbonyl (C=O) groups excluding carboxylic acids is 2. The number of carbonyl (C=O) groups is 2. The molecule has 5 nitrogen and oxygen atoms in total. The van der Waals surface area contributed by atoms with Crippen LogP contribution >= 0.6 is 11.3 Å². The summed E-state index contributed by atoms with van der Waals surface area (Å²) in [7, 11) is 0. The van der Waals surface area contributed by atoms with Gasteiger partial charge >= 0.3 is 0 Å². The van der Waals surface area contributed by atoms with Gasteiger partial charge in [-0.25, -0.2) is 0 Å². The zero-order chi connectivity index (χ0) is 19.4. The van der Waals surface area contributed by atoms with Gasteiger partial charge in [0.05, 0.1) is 17.9 Å². The summed E-state index contributed by atoms with van der Waals surface area (Å²) in [6.45, 7) is 8.10.